The number of aromatic nitrogens is 2. The van der Waals surface area contributed by atoms with Gasteiger partial charge in [0.05, 0.1) is 5.02 Å². The zero-order valence-electron chi connectivity index (χ0n) is 13.3. The molecule has 3 heteroatoms. The normalized spacial score (nSPS) is 14.2. The summed E-state index contributed by atoms with van der Waals surface area (Å²) >= 11 is 5.90. The van der Waals surface area contributed by atoms with Crippen molar-refractivity contribution in [1.29, 1.82) is 0 Å². The van der Waals surface area contributed by atoms with Gasteiger partial charge in [-0.1, -0.05) is 77.3 Å². The van der Waals surface area contributed by atoms with E-state index in [0.717, 1.165) is 5.82 Å². The lowest BCUT2D eigenvalue weighted by molar-refractivity contribution is 0.349. The molecule has 0 aromatic carbocycles. The zero-order valence-corrected chi connectivity index (χ0v) is 14.0. The van der Waals surface area contributed by atoms with Crippen molar-refractivity contribution in [2.45, 2.75) is 84.0 Å². The van der Waals surface area contributed by atoms with Gasteiger partial charge in [-0.05, 0) is 12.8 Å². The summed E-state index contributed by atoms with van der Waals surface area (Å²) in [5.41, 5.74) is 0.104. The Morgan fingerprint density at radius 1 is 0.900 bits per heavy atom. The van der Waals surface area contributed by atoms with Crippen LogP contribution in [0.25, 0.3) is 0 Å². The third kappa shape index (κ3) is 5.78. The van der Waals surface area contributed by atoms with E-state index in [1.165, 1.54) is 57.8 Å². The summed E-state index contributed by atoms with van der Waals surface area (Å²) in [5.74, 6) is 0.964. The van der Waals surface area contributed by atoms with Crippen LogP contribution in [0.15, 0.2) is 12.4 Å². The maximum absolute atomic E-state index is 5.90. The van der Waals surface area contributed by atoms with Crippen molar-refractivity contribution in [1.82, 2.24) is 9.97 Å². The molecule has 0 fully saturated rings. The first-order chi connectivity index (χ1) is 9.62. The predicted octanol–water partition coefficient (Wildman–Crippen LogP) is 5.94. The molecule has 0 aliphatic carbocycles. The first-order valence-corrected chi connectivity index (χ1v) is 8.48. The van der Waals surface area contributed by atoms with Crippen molar-refractivity contribution < 1.29 is 0 Å². The molecule has 0 N–H and O–H groups in total. The molecule has 1 aromatic heterocycles. The monoisotopic (exact) mass is 296 g/mol. The van der Waals surface area contributed by atoms with Crippen molar-refractivity contribution in [2.75, 3.05) is 0 Å². The van der Waals surface area contributed by atoms with Gasteiger partial charge in [0.25, 0.3) is 0 Å². The second-order valence-corrected chi connectivity index (χ2v) is 6.49. The SMILES string of the molecule is CCCCCCCC(C)(CCCC)c1ncc(Cl)cn1. The standard InChI is InChI=1S/C17H29ClN2/c1-4-6-8-9-10-12-17(3,11-7-5-2)16-19-13-15(18)14-20-16/h13-14H,4-12H2,1-3H3. The highest BCUT2D eigenvalue weighted by atomic mass is 35.5. The topological polar surface area (TPSA) is 25.8 Å². The van der Waals surface area contributed by atoms with E-state index in [1.54, 1.807) is 12.4 Å². The third-order valence-electron chi connectivity index (χ3n) is 4.07. The number of halogens is 1. The van der Waals surface area contributed by atoms with E-state index in [9.17, 15) is 0 Å². The second-order valence-electron chi connectivity index (χ2n) is 6.05. The molecule has 20 heavy (non-hydrogen) atoms. The van der Waals surface area contributed by atoms with Crippen molar-refractivity contribution >= 4 is 11.6 Å². The van der Waals surface area contributed by atoms with Crippen LogP contribution < -0.4 is 0 Å². The zero-order chi connectivity index (χ0) is 14.8. The maximum Gasteiger partial charge on any atom is 0.134 e. The summed E-state index contributed by atoms with van der Waals surface area (Å²) in [6, 6.07) is 0. The van der Waals surface area contributed by atoms with E-state index in [1.807, 2.05) is 0 Å². The van der Waals surface area contributed by atoms with Crippen LogP contribution in [0.2, 0.25) is 5.02 Å². The molecule has 0 amide bonds. The smallest absolute Gasteiger partial charge is 0.134 e. The first kappa shape index (κ1) is 17.4. The van der Waals surface area contributed by atoms with E-state index in [2.05, 4.69) is 30.7 Å². The molecule has 0 saturated heterocycles. The van der Waals surface area contributed by atoms with Crippen LogP contribution in [0.4, 0.5) is 0 Å². The summed E-state index contributed by atoms with van der Waals surface area (Å²) < 4.78 is 0. The van der Waals surface area contributed by atoms with Crippen LogP contribution in [0.5, 0.6) is 0 Å². The van der Waals surface area contributed by atoms with Gasteiger partial charge < -0.3 is 0 Å². The summed E-state index contributed by atoms with van der Waals surface area (Å²) in [7, 11) is 0. The highest BCUT2D eigenvalue weighted by Crippen LogP contribution is 2.33. The Balaban J connectivity index is 2.62. The van der Waals surface area contributed by atoms with E-state index >= 15 is 0 Å². The van der Waals surface area contributed by atoms with E-state index in [4.69, 9.17) is 11.6 Å². The molecule has 1 rings (SSSR count). The van der Waals surface area contributed by atoms with E-state index < -0.39 is 0 Å². The molecule has 0 aliphatic heterocycles. The van der Waals surface area contributed by atoms with Crippen LogP contribution in [0.3, 0.4) is 0 Å². The van der Waals surface area contributed by atoms with Gasteiger partial charge in [-0.15, -0.1) is 0 Å². The van der Waals surface area contributed by atoms with Crippen LogP contribution in [0.1, 0.15) is 84.4 Å². The molecular weight excluding hydrogens is 268 g/mol. The summed E-state index contributed by atoms with van der Waals surface area (Å²) in [6.07, 6.45) is 14.8. The Kier molecular flexibility index (Phi) is 8.13. The van der Waals surface area contributed by atoms with E-state index in [-0.39, 0.29) is 5.41 Å². The minimum atomic E-state index is 0.104. The fraction of sp³-hybridized carbons (Fsp3) is 0.765. The van der Waals surface area contributed by atoms with Crippen molar-refractivity contribution in [3.05, 3.63) is 23.2 Å². The van der Waals surface area contributed by atoms with Crippen molar-refractivity contribution in [3.63, 3.8) is 0 Å². The van der Waals surface area contributed by atoms with Gasteiger partial charge in [0, 0.05) is 17.8 Å². The predicted molar refractivity (Wildman–Crippen MR) is 87.3 cm³/mol. The fourth-order valence-electron chi connectivity index (χ4n) is 2.66. The van der Waals surface area contributed by atoms with Gasteiger partial charge in [0.1, 0.15) is 5.82 Å². The molecule has 1 heterocycles. The lowest BCUT2D eigenvalue weighted by atomic mass is 9.79. The molecule has 0 radical (unpaired) electrons. The molecule has 114 valence electrons. The van der Waals surface area contributed by atoms with Crippen LogP contribution in [-0.2, 0) is 5.41 Å². The number of rotatable bonds is 10. The second kappa shape index (κ2) is 9.33. The summed E-state index contributed by atoms with van der Waals surface area (Å²) in [5, 5.41) is 0.620. The molecular formula is C17H29ClN2. The summed E-state index contributed by atoms with van der Waals surface area (Å²) in [6.45, 7) is 6.81. The molecule has 0 aliphatic rings. The number of hydrogen-bond donors (Lipinski definition) is 0. The first-order valence-electron chi connectivity index (χ1n) is 8.10. The van der Waals surface area contributed by atoms with Gasteiger partial charge in [0.15, 0.2) is 0 Å². The Hall–Kier alpha value is -0.630. The van der Waals surface area contributed by atoms with Gasteiger partial charge in [-0.25, -0.2) is 9.97 Å². The number of hydrogen-bond acceptors (Lipinski definition) is 2. The number of nitrogens with zero attached hydrogens (tertiary/aromatic N) is 2. The van der Waals surface area contributed by atoms with E-state index in [0.29, 0.717) is 5.02 Å². The highest BCUT2D eigenvalue weighted by Gasteiger charge is 2.28. The van der Waals surface area contributed by atoms with Gasteiger partial charge in [-0.3, -0.25) is 0 Å². The third-order valence-corrected chi connectivity index (χ3v) is 4.27. The van der Waals surface area contributed by atoms with Crippen LogP contribution in [-0.4, -0.2) is 9.97 Å². The van der Waals surface area contributed by atoms with Gasteiger partial charge >= 0.3 is 0 Å². The largest absolute Gasteiger partial charge is 0.239 e. The maximum atomic E-state index is 5.90. The van der Waals surface area contributed by atoms with Crippen molar-refractivity contribution in [2.24, 2.45) is 0 Å². The Labute approximate surface area is 129 Å². The lowest BCUT2D eigenvalue weighted by Crippen LogP contribution is -2.25. The molecule has 1 atom stereocenters. The average molecular weight is 297 g/mol. The minimum absolute atomic E-state index is 0.104. The minimum Gasteiger partial charge on any atom is -0.239 e. The fourth-order valence-corrected chi connectivity index (χ4v) is 2.76. The van der Waals surface area contributed by atoms with Crippen molar-refractivity contribution in [3.8, 4) is 0 Å². The molecule has 0 bridgehead atoms. The Morgan fingerprint density at radius 3 is 2.05 bits per heavy atom. The Morgan fingerprint density at radius 2 is 1.45 bits per heavy atom. The molecule has 2 nitrogen and oxygen atoms in total. The summed E-state index contributed by atoms with van der Waals surface area (Å²) in [4.78, 5) is 8.95. The average Bonchev–Trinajstić information content (AvgIpc) is 2.45. The highest BCUT2D eigenvalue weighted by molar-refractivity contribution is 6.30. The van der Waals surface area contributed by atoms with Crippen LogP contribution >= 0.6 is 11.6 Å². The molecule has 0 spiro atoms. The quantitative estimate of drug-likeness (QED) is 0.499. The van der Waals surface area contributed by atoms with Crippen LogP contribution in [0, 0.1) is 0 Å². The van der Waals surface area contributed by atoms with Gasteiger partial charge in [-0.2, -0.15) is 0 Å². The molecule has 1 aromatic rings. The molecule has 0 saturated carbocycles. The van der Waals surface area contributed by atoms with Gasteiger partial charge in [0.2, 0.25) is 0 Å². The molecule has 1 unspecified atom stereocenters. The Bertz CT molecular complexity index is 364. The lowest BCUT2D eigenvalue weighted by Gasteiger charge is -2.28. The number of unbranched alkanes of at least 4 members (excludes halogenated alkanes) is 5.